The fraction of sp³-hybridized carbons (Fsp3) is 0.267. The van der Waals surface area contributed by atoms with Gasteiger partial charge < -0.3 is 5.11 Å². The molecule has 18 heavy (non-hydrogen) atoms. The van der Waals surface area contributed by atoms with Gasteiger partial charge in [-0.2, -0.15) is 0 Å². The van der Waals surface area contributed by atoms with Crippen LogP contribution in [-0.4, -0.2) is 10.1 Å². The molecule has 3 heteroatoms. The van der Waals surface area contributed by atoms with Crippen LogP contribution in [0.2, 0.25) is 0 Å². The predicted octanol–water partition coefficient (Wildman–Crippen LogP) is 3.65. The number of aromatic nitrogens is 1. The SMILES string of the molecule is Cc1ccc(C)c(Sc2ncc(CO)cc2C)c1. The zero-order valence-electron chi connectivity index (χ0n) is 10.9. The van der Waals surface area contributed by atoms with E-state index < -0.39 is 0 Å². The first kappa shape index (κ1) is 13.1. The molecule has 0 aliphatic heterocycles. The van der Waals surface area contributed by atoms with Crippen molar-refractivity contribution in [3.05, 3.63) is 52.7 Å². The Labute approximate surface area is 112 Å². The second-order valence-corrected chi connectivity index (χ2v) is 5.53. The molecule has 1 heterocycles. The summed E-state index contributed by atoms with van der Waals surface area (Å²) in [6.45, 7) is 6.28. The average Bonchev–Trinajstić information content (AvgIpc) is 2.36. The van der Waals surface area contributed by atoms with Crippen LogP contribution in [0.3, 0.4) is 0 Å². The largest absolute Gasteiger partial charge is 0.392 e. The van der Waals surface area contributed by atoms with Gasteiger partial charge >= 0.3 is 0 Å². The summed E-state index contributed by atoms with van der Waals surface area (Å²) in [5.74, 6) is 0. The van der Waals surface area contributed by atoms with Crippen molar-refractivity contribution in [1.29, 1.82) is 0 Å². The van der Waals surface area contributed by atoms with Crippen LogP contribution in [0.5, 0.6) is 0 Å². The van der Waals surface area contributed by atoms with E-state index in [-0.39, 0.29) is 6.61 Å². The van der Waals surface area contributed by atoms with Gasteiger partial charge in [-0.1, -0.05) is 23.9 Å². The Morgan fingerprint density at radius 1 is 1.11 bits per heavy atom. The molecule has 0 aliphatic carbocycles. The second-order valence-electron chi connectivity index (χ2n) is 4.49. The third kappa shape index (κ3) is 2.92. The third-order valence-electron chi connectivity index (χ3n) is 2.82. The monoisotopic (exact) mass is 259 g/mol. The molecule has 2 nitrogen and oxygen atoms in total. The van der Waals surface area contributed by atoms with Gasteiger partial charge in [0.25, 0.3) is 0 Å². The maximum atomic E-state index is 9.08. The molecule has 1 aromatic carbocycles. The zero-order chi connectivity index (χ0) is 13.1. The summed E-state index contributed by atoms with van der Waals surface area (Å²) in [6.07, 6.45) is 1.74. The maximum Gasteiger partial charge on any atom is 0.104 e. The van der Waals surface area contributed by atoms with Crippen molar-refractivity contribution < 1.29 is 5.11 Å². The van der Waals surface area contributed by atoms with E-state index >= 15 is 0 Å². The lowest BCUT2D eigenvalue weighted by molar-refractivity contribution is 0.281. The molecule has 0 bridgehead atoms. The van der Waals surface area contributed by atoms with E-state index in [1.165, 1.54) is 16.0 Å². The maximum absolute atomic E-state index is 9.08. The van der Waals surface area contributed by atoms with E-state index in [0.717, 1.165) is 16.2 Å². The van der Waals surface area contributed by atoms with Crippen LogP contribution in [0, 0.1) is 20.8 Å². The smallest absolute Gasteiger partial charge is 0.104 e. The molecule has 1 N–H and O–H groups in total. The van der Waals surface area contributed by atoms with Crippen molar-refractivity contribution in [2.45, 2.75) is 37.3 Å². The minimum absolute atomic E-state index is 0.0439. The normalized spacial score (nSPS) is 10.7. The van der Waals surface area contributed by atoms with E-state index in [9.17, 15) is 0 Å². The quantitative estimate of drug-likeness (QED) is 0.913. The molecular formula is C15H17NOS. The summed E-state index contributed by atoms with van der Waals surface area (Å²) < 4.78 is 0. The number of hydrogen-bond acceptors (Lipinski definition) is 3. The van der Waals surface area contributed by atoms with Crippen LogP contribution in [0.4, 0.5) is 0 Å². The predicted molar refractivity (Wildman–Crippen MR) is 74.9 cm³/mol. The molecule has 94 valence electrons. The number of rotatable bonds is 3. The summed E-state index contributed by atoms with van der Waals surface area (Å²) in [7, 11) is 0. The van der Waals surface area contributed by atoms with Crippen LogP contribution in [0.25, 0.3) is 0 Å². The Hall–Kier alpha value is -1.32. The molecule has 0 fully saturated rings. The number of nitrogens with zero attached hydrogens (tertiary/aromatic N) is 1. The molecule has 0 radical (unpaired) electrons. The van der Waals surface area contributed by atoms with Gasteiger partial charge in [-0.25, -0.2) is 4.98 Å². The molecule has 0 spiro atoms. The van der Waals surface area contributed by atoms with Crippen molar-refractivity contribution >= 4 is 11.8 Å². The summed E-state index contributed by atoms with van der Waals surface area (Å²) in [4.78, 5) is 5.66. The van der Waals surface area contributed by atoms with Crippen LogP contribution in [-0.2, 0) is 6.61 Å². The standard InChI is InChI=1S/C15H17NOS/c1-10-4-5-11(2)14(6-10)18-15-12(3)7-13(9-17)8-16-15/h4-8,17H,9H2,1-3H3. The summed E-state index contributed by atoms with van der Waals surface area (Å²) >= 11 is 1.68. The Kier molecular flexibility index (Phi) is 4.04. The van der Waals surface area contributed by atoms with Gasteiger partial charge in [-0.05, 0) is 55.2 Å². The molecule has 0 unspecified atom stereocenters. The van der Waals surface area contributed by atoms with E-state index in [0.29, 0.717) is 0 Å². The van der Waals surface area contributed by atoms with E-state index in [1.807, 2.05) is 13.0 Å². The minimum Gasteiger partial charge on any atom is -0.392 e. The highest BCUT2D eigenvalue weighted by Gasteiger charge is 2.06. The van der Waals surface area contributed by atoms with Crippen molar-refractivity contribution in [2.24, 2.45) is 0 Å². The van der Waals surface area contributed by atoms with Crippen molar-refractivity contribution in [2.75, 3.05) is 0 Å². The number of aliphatic hydroxyl groups is 1. The number of aliphatic hydroxyl groups excluding tert-OH is 1. The fourth-order valence-electron chi connectivity index (χ4n) is 1.74. The van der Waals surface area contributed by atoms with E-state index in [4.69, 9.17) is 5.11 Å². The first-order chi connectivity index (χ1) is 8.60. The van der Waals surface area contributed by atoms with Gasteiger partial charge in [-0.3, -0.25) is 0 Å². The van der Waals surface area contributed by atoms with Crippen molar-refractivity contribution in [3.63, 3.8) is 0 Å². The Bertz CT molecular complexity index is 566. The molecular weight excluding hydrogens is 242 g/mol. The van der Waals surface area contributed by atoms with Crippen LogP contribution < -0.4 is 0 Å². The highest BCUT2D eigenvalue weighted by Crippen LogP contribution is 2.31. The summed E-state index contributed by atoms with van der Waals surface area (Å²) in [6, 6.07) is 8.42. The lowest BCUT2D eigenvalue weighted by Gasteiger charge is -2.09. The van der Waals surface area contributed by atoms with Gasteiger partial charge in [-0.15, -0.1) is 0 Å². The fourth-order valence-corrected chi connectivity index (χ4v) is 2.74. The van der Waals surface area contributed by atoms with Crippen LogP contribution >= 0.6 is 11.8 Å². The number of aryl methyl sites for hydroxylation is 3. The number of hydrogen-bond donors (Lipinski definition) is 1. The third-order valence-corrected chi connectivity index (χ3v) is 4.10. The van der Waals surface area contributed by atoms with Gasteiger partial charge in [0.2, 0.25) is 0 Å². The van der Waals surface area contributed by atoms with Gasteiger partial charge in [0, 0.05) is 11.1 Å². The van der Waals surface area contributed by atoms with Crippen LogP contribution in [0.1, 0.15) is 22.3 Å². The van der Waals surface area contributed by atoms with Crippen LogP contribution in [0.15, 0.2) is 40.4 Å². The molecule has 2 rings (SSSR count). The van der Waals surface area contributed by atoms with Crippen molar-refractivity contribution in [1.82, 2.24) is 4.98 Å². The first-order valence-electron chi connectivity index (χ1n) is 5.91. The molecule has 2 aromatic rings. The Morgan fingerprint density at radius 3 is 2.56 bits per heavy atom. The number of pyridine rings is 1. The van der Waals surface area contributed by atoms with Gasteiger partial charge in [0.05, 0.1) is 6.61 Å². The molecule has 0 atom stereocenters. The molecule has 0 amide bonds. The Balaban J connectivity index is 2.31. The molecule has 0 aliphatic rings. The topological polar surface area (TPSA) is 33.1 Å². The number of benzene rings is 1. The van der Waals surface area contributed by atoms with E-state index in [1.54, 1.807) is 18.0 Å². The lowest BCUT2D eigenvalue weighted by atomic mass is 10.2. The highest BCUT2D eigenvalue weighted by atomic mass is 32.2. The van der Waals surface area contributed by atoms with Gasteiger partial charge in [0.1, 0.15) is 5.03 Å². The zero-order valence-corrected chi connectivity index (χ0v) is 11.7. The lowest BCUT2D eigenvalue weighted by Crippen LogP contribution is -1.91. The highest BCUT2D eigenvalue weighted by molar-refractivity contribution is 7.99. The summed E-state index contributed by atoms with van der Waals surface area (Å²) in [5.41, 5.74) is 4.48. The van der Waals surface area contributed by atoms with E-state index in [2.05, 4.69) is 37.0 Å². The molecule has 0 saturated heterocycles. The summed E-state index contributed by atoms with van der Waals surface area (Å²) in [5, 5.41) is 10.1. The van der Waals surface area contributed by atoms with Crippen molar-refractivity contribution in [3.8, 4) is 0 Å². The molecule has 1 aromatic heterocycles. The second kappa shape index (κ2) is 5.55. The molecule has 0 saturated carbocycles. The average molecular weight is 259 g/mol. The first-order valence-corrected chi connectivity index (χ1v) is 6.73. The Morgan fingerprint density at radius 2 is 1.89 bits per heavy atom. The van der Waals surface area contributed by atoms with Gasteiger partial charge in [0.15, 0.2) is 0 Å². The minimum atomic E-state index is 0.0439.